The molecule has 0 saturated carbocycles. The molecular formula is C26H29N3O3. The van der Waals surface area contributed by atoms with E-state index in [1.165, 1.54) is 11.1 Å². The Morgan fingerprint density at radius 2 is 1.81 bits per heavy atom. The smallest absolute Gasteiger partial charge is 0.359 e. The predicted molar refractivity (Wildman–Crippen MR) is 122 cm³/mol. The Bertz CT molecular complexity index is 1090. The molecule has 6 heteroatoms. The number of aromatic nitrogens is 2. The van der Waals surface area contributed by atoms with E-state index in [1.54, 1.807) is 7.11 Å². The van der Waals surface area contributed by atoms with Crippen LogP contribution in [-0.4, -0.2) is 47.0 Å². The summed E-state index contributed by atoms with van der Waals surface area (Å²) >= 11 is 0. The molecule has 0 fully saturated rings. The van der Waals surface area contributed by atoms with Crippen molar-refractivity contribution in [3.63, 3.8) is 0 Å². The normalized spacial score (nSPS) is 15.9. The van der Waals surface area contributed by atoms with Gasteiger partial charge in [0.05, 0.1) is 20.3 Å². The molecule has 2 aromatic carbocycles. The van der Waals surface area contributed by atoms with Gasteiger partial charge >= 0.3 is 5.97 Å². The first-order valence-electron chi connectivity index (χ1n) is 11.4. The second-order valence-corrected chi connectivity index (χ2v) is 8.55. The van der Waals surface area contributed by atoms with Crippen molar-refractivity contribution in [2.24, 2.45) is 0 Å². The summed E-state index contributed by atoms with van der Waals surface area (Å²) in [5.74, 6) is 0.505. The third kappa shape index (κ3) is 3.91. The average molecular weight is 432 g/mol. The minimum Gasteiger partial charge on any atom is -0.497 e. The van der Waals surface area contributed by atoms with Gasteiger partial charge in [-0.25, -0.2) is 4.79 Å². The average Bonchev–Trinajstić information content (AvgIpc) is 3.41. The molecule has 0 atom stereocenters. The second kappa shape index (κ2) is 8.79. The Labute approximate surface area is 188 Å². The molecule has 0 spiro atoms. The number of hydrogen-bond donors (Lipinski definition) is 0. The SMILES string of the molecule is CCOC(=O)c1nn(Cc2ccc(OC)cc2)c2c1CN(C1Cc3ccccc3C1)CC2. The zero-order valence-electron chi connectivity index (χ0n) is 18.7. The molecule has 0 bridgehead atoms. The summed E-state index contributed by atoms with van der Waals surface area (Å²) in [6, 6.07) is 17.2. The minimum atomic E-state index is -0.325. The van der Waals surface area contributed by atoms with Crippen LogP contribution in [0.4, 0.5) is 0 Å². The summed E-state index contributed by atoms with van der Waals surface area (Å²) in [4.78, 5) is 15.3. The van der Waals surface area contributed by atoms with E-state index >= 15 is 0 Å². The number of nitrogens with zero attached hydrogens (tertiary/aromatic N) is 3. The van der Waals surface area contributed by atoms with Crippen LogP contribution >= 0.6 is 0 Å². The van der Waals surface area contributed by atoms with Crippen molar-refractivity contribution >= 4 is 5.97 Å². The molecule has 0 N–H and O–H groups in total. The van der Waals surface area contributed by atoms with Crippen LogP contribution in [0.3, 0.4) is 0 Å². The monoisotopic (exact) mass is 431 g/mol. The van der Waals surface area contributed by atoms with Crippen molar-refractivity contribution in [3.05, 3.63) is 82.2 Å². The highest BCUT2D eigenvalue weighted by Gasteiger charge is 2.34. The first-order chi connectivity index (χ1) is 15.7. The van der Waals surface area contributed by atoms with Gasteiger partial charge in [-0.3, -0.25) is 9.58 Å². The molecule has 6 nitrogen and oxygen atoms in total. The van der Waals surface area contributed by atoms with Gasteiger partial charge in [0, 0.05) is 36.8 Å². The van der Waals surface area contributed by atoms with Gasteiger partial charge in [-0.1, -0.05) is 36.4 Å². The highest BCUT2D eigenvalue weighted by atomic mass is 16.5. The lowest BCUT2D eigenvalue weighted by molar-refractivity contribution is 0.0515. The predicted octanol–water partition coefficient (Wildman–Crippen LogP) is 3.64. The fraction of sp³-hybridized carbons (Fsp3) is 0.385. The molecule has 3 aromatic rings. The standard InChI is InChI=1S/C26H29N3O3/c1-3-32-26(30)25-23-17-28(21-14-19-6-4-5-7-20(19)15-21)13-12-24(23)29(27-25)16-18-8-10-22(31-2)11-9-18/h4-11,21H,3,12-17H2,1-2H3. The van der Waals surface area contributed by atoms with Gasteiger partial charge in [0.15, 0.2) is 5.69 Å². The molecule has 0 unspecified atom stereocenters. The lowest BCUT2D eigenvalue weighted by atomic mass is 10.0. The fourth-order valence-corrected chi connectivity index (χ4v) is 5.02. The van der Waals surface area contributed by atoms with E-state index in [1.807, 2.05) is 35.9 Å². The van der Waals surface area contributed by atoms with Crippen LogP contribution in [0.1, 0.15) is 45.4 Å². The number of methoxy groups -OCH3 is 1. The van der Waals surface area contributed by atoms with Crippen molar-refractivity contribution < 1.29 is 14.3 Å². The molecule has 1 aromatic heterocycles. The molecule has 32 heavy (non-hydrogen) atoms. The summed E-state index contributed by atoms with van der Waals surface area (Å²) in [5, 5.41) is 4.73. The summed E-state index contributed by atoms with van der Waals surface area (Å²) in [7, 11) is 1.67. The number of carbonyl (C=O) groups is 1. The topological polar surface area (TPSA) is 56.6 Å². The number of esters is 1. The number of rotatable bonds is 6. The molecule has 0 saturated heterocycles. The molecule has 166 valence electrons. The lowest BCUT2D eigenvalue weighted by Gasteiger charge is -2.32. The molecular weight excluding hydrogens is 402 g/mol. The van der Waals surface area contributed by atoms with Crippen LogP contribution in [0.25, 0.3) is 0 Å². The van der Waals surface area contributed by atoms with E-state index in [9.17, 15) is 4.79 Å². The Balaban J connectivity index is 1.41. The van der Waals surface area contributed by atoms with Crippen molar-refractivity contribution in [1.29, 1.82) is 0 Å². The molecule has 1 aliphatic carbocycles. The highest BCUT2D eigenvalue weighted by molar-refractivity contribution is 5.89. The van der Waals surface area contributed by atoms with Gasteiger partial charge < -0.3 is 9.47 Å². The van der Waals surface area contributed by atoms with Gasteiger partial charge in [-0.15, -0.1) is 0 Å². The Morgan fingerprint density at radius 1 is 1.09 bits per heavy atom. The Morgan fingerprint density at radius 3 is 2.47 bits per heavy atom. The van der Waals surface area contributed by atoms with Crippen LogP contribution in [-0.2, 0) is 37.1 Å². The van der Waals surface area contributed by atoms with Crippen molar-refractivity contribution in [2.75, 3.05) is 20.3 Å². The van der Waals surface area contributed by atoms with Crippen LogP contribution < -0.4 is 4.74 Å². The van der Waals surface area contributed by atoms with E-state index in [-0.39, 0.29) is 5.97 Å². The van der Waals surface area contributed by atoms with Crippen LogP contribution in [0.2, 0.25) is 0 Å². The summed E-state index contributed by atoms with van der Waals surface area (Å²) in [5.41, 5.74) is 6.67. The Hall–Kier alpha value is -3.12. The third-order valence-corrected chi connectivity index (χ3v) is 6.67. The van der Waals surface area contributed by atoms with Gasteiger partial charge in [0.1, 0.15) is 5.75 Å². The molecule has 1 aliphatic heterocycles. The largest absolute Gasteiger partial charge is 0.497 e. The maximum absolute atomic E-state index is 12.7. The maximum Gasteiger partial charge on any atom is 0.359 e. The summed E-state index contributed by atoms with van der Waals surface area (Å²) in [6.45, 7) is 4.52. The lowest BCUT2D eigenvalue weighted by Crippen LogP contribution is -2.40. The fourth-order valence-electron chi connectivity index (χ4n) is 5.02. The zero-order valence-corrected chi connectivity index (χ0v) is 18.7. The van der Waals surface area contributed by atoms with E-state index in [0.717, 1.165) is 54.9 Å². The molecule has 2 heterocycles. The van der Waals surface area contributed by atoms with Crippen LogP contribution in [0, 0.1) is 0 Å². The summed E-state index contributed by atoms with van der Waals surface area (Å²) in [6.07, 6.45) is 3.02. The van der Waals surface area contributed by atoms with Gasteiger partial charge in [-0.05, 0) is 48.6 Å². The molecule has 5 rings (SSSR count). The van der Waals surface area contributed by atoms with Crippen LogP contribution in [0.15, 0.2) is 48.5 Å². The van der Waals surface area contributed by atoms with Gasteiger partial charge in [0.2, 0.25) is 0 Å². The number of benzene rings is 2. The molecule has 2 aliphatic rings. The quantitative estimate of drug-likeness (QED) is 0.558. The van der Waals surface area contributed by atoms with E-state index in [2.05, 4.69) is 29.2 Å². The van der Waals surface area contributed by atoms with E-state index in [0.29, 0.717) is 24.9 Å². The highest BCUT2D eigenvalue weighted by Crippen LogP contribution is 2.31. The number of carbonyl (C=O) groups excluding carboxylic acids is 1. The van der Waals surface area contributed by atoms with E-state index in [4.69, 9.17) is 14.6 Å². The number of hydrogen-bond acceptors (Lipinski definition) is 5. The van der Waals surface area contributed by atoms with Gasteiger partial charge in [0.25, 0.3) is 0 Å². The second-order valence-electron chi connectivity index (χ2n) is 8.55. The maximum atomic E-state index is 12.7. The minimum absolute atomic E-state index is 0.325. The summed E-state index contributed by atoms with van der Waals surface area (Å²) < 4.78 is 12.6. The molecule has 0 amide bonds. The number of fused-ring (bicyclic) bond motifs is 2. The van der Waals surface area contributed by atoms with E-state index < -0.39 is 0 Å². The first-order valence-corrected chi connectivity index (χ1v) is 11.4. The third-order valence-electron chi connectivity index (χ3n) is 6.67. The number of ether oxygens (including phenoxy) is 2. The van der Waals surface area contributed by atoms with Crippen molar-refractivity contribution in [2.45, 2.75) is 45.3 Å². The van der Waals surface area contributed by atoms with Crippen molar-refractivity contribution in [3.8, 4) is 5.75 Å². The Kier molecular flexibility index (Phi) is 5.70. The van der Waals surface area contributed by atoms with Gasteiger partial charge in [-0.2, -0.15) is 5.10 Å². The zero-order chi connectivity index (χ0) is 22.1. The first kappa shape index (κ1) is 20.8. The molecule has 0 radical (unpaired) electrons. The van der Waals surface area contributed by atoms with Crippen molar-refractivity contribution in [1.82, 2.24) is 14.7 Å². The van der Waals surface area contributed by atoms with Crippen LogP contribution in [0.5, 0.6) is 5.75 Å².